The van der Waals surface area contributed by atoms with Crippen molar-refractivity contribution in [2.24, 2.45) is 5.73 Å². The van der Waals surface area contributed by atoms with E-state index in [0.29, 0.717) is 5.56 Å². The molecule has 2 aromatic rings. The maximum Gasteiger partial charge on any atom is 0.341 e. The number of carbonyl (C=O) groups excluding carboxylic acids is 3. The van der Waals surface area contributed by atoms with E-state index in [4.69, 9.17) is 10.5 Å². The van der Waals surface area contributed by atoms with Gasteiger partial charge >= 0.3 is 5.97 Å². The minimum atomic E-state index is -0.703. The summed E-state index contributed by atoms with van der Waals surface area (Å²) in [4.78, 5) is 36.0. The fourth-order valence-electron chi connectivity index (χ4n) is 2.06. The van der Waals surface area contributed by atoms with Gasteiger partial charge in [0.15, 0.2) is 0 Å². The number of hydrogen-bond donors (Lipinski definition) is 2. The molecule has 0 spiro atoms. The van der Waals surface area contributed by atoms with Crippen molar-refractivity contribution >= 4 is 34.1 Å². The van der Waals surface area contributed by atoms with E-state index < -0.39 is 23.6 Å². The molecule has 0 saturated carbocycles. The molecule has 0 aliphatic carbocycles. The number of esters is 1. The lowest BCUT2D eigenvalue weighted by Gasteiger charge is -2.07. The number of hydrogen-bond acceptors (Lipinski definition) is 5. The minimum absolute atomic E-state index is 0.0890. The second-order valence-electron chi connectivity index (χ2n) is 4.81. The number of anilines is 1. The molecule has 0 unspecified atom stereocenters. The van der Waals surface area contributed by atoms with E-state index in [0.717, 1.165) is 23.5 Å². The summed E-state index contributed by atoms with van der Waals surface area (Å²) in [6.45, 7) is 3.34. The Kier molecular flexibility index (Phi) is 5.30. The van der Waals surface area contributed by atoms with Crippen LogP contribution in [0.1, 0.15) is 42.9 Å². The molecule has 24 heavy (non-hydrogen) atoms. The topological polar surface area (TPSA) is 98.5 Å². The summed E-state index contributed by atoms with van der Waals surface area (Å²) < 4.78 is 17.9. The molecule has 0 fully saturated rings. The number of rotatable bonds is 5. The predicted molar refractivity (Wildman–Crippen MR) is 87.9 cm³/mol. The quantitative estimate of drug-likeness (QED) is 0.810. The van der Waals surface area contributed by atoms with Gasteiger partial charge in [0.2, 0.25) is 0 Å². The number of nitrogens with two attached hydrogens (primary N) is 1. The first kappa shape index (κ1) is 17.6. The smallest absolute Gasteiger partial charge is 0.341 e. The molecule has 0 atom stereocenters. The molecule has 0 aliphatic heterocycles. The number of primary amides is 1. The molecule has 0 bridgehead atoms. The van der Waals surface area contributed by atoms with Crippen molar-refractivity contribution in [3.8, 4) is 0 Å². The summed E-state index contributed by atoms with van der Waals surface area (Å²) in [6.07, 6.45) is 0. The molecule has 1 aromatic heterocycles. The number of ether oxygens (including phenoxy) is 1. The van der Waals surface area contributed by atoms with Gasteiger partial charge in [-0.25, -0.2) is 9.18 Å². The first-order chi connectivity index (χ1) is 11.3. The Hall–Kier alpha value is -2.74. The molecule has 6 nitrogen and oxygen atoms in total. The van der Waals surface area contributed by atoms with Crippen LogP contribution >= 0.6 is 11.3 Å². The van der Waals surface area contributed by atoms with Crippen LogP contribution in [-0.2, 0) is 4.74 Å². The maximum absolute atomic E-state index is 12.9. The zero-order valence-corrected chi connectivity index (χ0v) is 13.8. The van der Waals surface area contributed by atoms with E-state index in [2.05, 4.69) is 5.32 Å². The molecule has 1 aromatic carbocycles. The number of thiophene rings is 1. The Labute approximate surface area is 141 Å². The van der Waals surface area contributed by atoms with Crippen molar-refractivity contribution in [2.75, 3.05) is 11.9 Å². The fraction of sp³-hybridized carbons (Fsp3) is 0.188. The number of benzene rings is 1. The van der Waals surface area contributed by atoms with Gasteiger partial charge in [-0.3, -0.25) is 9.59 Å². The first-order valence-electron chi connectivity index (χ1n) is 7.02. The zero-order valence-electron chi connectivity index (χ0n) is 13.0. The van der Waals surface area contributed by atoms with Gasteiger partial charge < -0.3 is 15.8 Å². The Morgan fingerprint density at radius 3 is 2.42 bits per heavy atom. The molecule has 2 rings (SSSR count). The van der Waals surface area contributed by atoms with Crippen molar-refractivity contribution in [1.29, 1.82) is 0 Å². The fourth-order valence-corrected chi connectivity index (χ4v) is 3.10. The molecule has 3 N–H and O–H groups in total. The lowest BCUT2D eigenvalue weighted by molar-refractivity contribution is 0.0527. The number of amides is 2. The largest absolute Gasteiger partial charge is 0.462 e. The number of nitrogens with one attached hydrogen (secondary N) is 1. The van der Waals surface area contributed by atoms with Crippen LogP contribution in [0.25, 0.3) is 0 Å². The van der Waals surface area contributed by atoms with Gasteiger partial charge in [-0.05, 0) is 43.7 Å². The first-order valence-corrected chi connectivity index (χ1v) is 7.84. The van der Waals surface area contributed by atoms with Crippen molar-refractivity contribution in [1.82, 2.24) is 0 Å². The summed E-state index contributed by atoms with van der Waals surface area (Å²) in [5, 5.41) is 2.71. The van der Waals surface area contributed by atoms with Crippen LogP contribution in [0.15, 0.2) is 24.3 Å². The summed E-state index contributed by atoms with van der Waals surface area (Å²) in [6, 6.07) is 4.92. The van der Waals surface area contributed by atoms with E-state index in [-0.39, 0.29) is 27.6 Å². The molecule has 2 amide bonds. The molecule has 0 radical (unpaired) electrons. The summed E-state index contributed by atoms with van der Waals surface area (Å²) >= 11 is 0.893. The van der Waals surface area contributed by atoms with Crippen LogP contribution in [0.4, 0.5) is 9.39 Å². The number of halogens is 1. The summed E-state index contributed by atoms with van der Waals surface area (Å²) in [5.74, 6) is -2.38. The standard InChI is InChI=1S/C16H15FN2O4S/c1-3-23-16(22)11-8(2)12(13(18)20)24-15(11)19-14(21)9-4-6-10(17)7-5-9/h4-7H,3H2,1-2H3,(H2,18,20)(H,19,21). The van der Waals surface area contributed by atoms with Crippen molar-refractivity contribution in [3.05, 3.63) is 51.7 Å². The SMILES string of the molecule is CCOC(=O)c1c(NC(=O)c2ccc(F)cc2)sc(C(N)=O)c1C. The van der Waals surface area contributed by atoms with Gasteiger partial charge in [0.25, 0.3) is 11.8 Å². The zero-order chi connectivity index (χ0) is 17.9. The van der Waals surface area contributed by atoms with Gasteiger partial charge in [0, 0.05) is 5.56 Å². The molecular weight excluding hydrogens is 335 g/mol. The Bertz CT molecular complexity index is 799. The van der Waals surface area contributed by atoms with Gasteiger partial charge in [-0.2, -0.15) is 0 Å². The van der Waals surface area contributed by atoms with Crippen molar-refractivity contribution in [2.45, 2.75) is 13.8 Å². The van der Waals surface area contributed by atoms with Crippen molar-refractivity contribution < 1.29 is 23.5 Å². The van der Waals surface area contributed by atoms with Crippen LogP contribution in [0.3, 0.4) is 0 Å². The van der Waals surface area contributed by atoms with Crippen LogP contribution in [-0.4, -0.2) is 24.4 Å². The van der Waals surface area contributed by atoms with Crippen LogP contribution in [0.2, 0.25) is 0 Å². The van der Waals surface area contributed by atoms with E-state index >= 15 is 0 Å². The highest BCUT2D eigenvalue weighted by Crippen LogP contribution is 2.33. The molecule has 0 saturated heterocycles. The van der Waals surface area contributed by atoms with Gasteiger partial charge in [-0.15, -0.1) is 11.3 Å². The molecule has 1 heterocycles. The average Bonchev–Trinajstić information content (AvgIpc) is 2.84. The predicted octanol–water partition coefficient (Wildman–Crippen LogP) is 2.72. The highest BCUT2D eigenvalue weighted by atomic mass is 32.1. The highest BCUT2D eigenvalue weighted by Gasteiger charge is 2.25. The number of carbonyl (C=O) groups is 3. The molecular formula is C16H15FN2O4S. The third-order valence-corrected chi connectivity index (χ3v) is 4.41. The van der Waals surface area contributed by atoms with E-state index in [1.54, 1.807) is 13.8 Å². The minimum Gasteiger partial charge on any atom is -0.462 e. The van der Waals surface area contributed by atoms with E-state index in [9.17, 15) is 18.8 Å². The Morgan fingerprint density at radius 1 is 1.25 bits per heavy atom. The monoisotopic (exact) mass is 350 g/mol. The van der Waals surface area contributed by atoms with Gasteiger partial charge in [0.1, 0.15) is 10.8 Å². The third-order valence-electron chi connectivity index (χ3n) is 3.18. The highest BCUT2D eigenvalue weighted by molar-refractivity contribution is 7.18. The second kappa shape index (κ2) is 7.22. The normalized spacial score (nSPS) is 10.3. The average molecular weight is 350 g/mol. The van der Waals surface area contributed by atoms with Gasteiger partial charge in [0.05, 0.1) is 17.0 Å². The van der Waals surface area contributed by atoms with Crippen LogP contribution in [0, 0.1) is 12.7 Å². The molecule has 126 valence electrons. The maximum atomic E-state index is 12.9. The van der Waals surface area contributed by atoms with E-state index in [1.165, 1.54) is 12.1 Å². The summed E-state index contributed by atoms with van der Waals surface area (Å²) in [5.41, 5.74) is 5.94. The Balaban J connectivity index is 2.39. The van der Waals surface area contributed by atoms with Crippen LogP contribution < -0.4 is 11.1 Å². The van der Waals surface area contributed by atoms with Crippen LogP contribution in [0.5, 0.6) is 0 Å². The second-order valence-corrected chi connectivity index (χ2v) is 5.83. The third kappa shape index (κ3) is 3.60. The molecule has 0 aliphatic rings. The Morgan fingerprint density at radius 2 is 1.88 bits per heavy atom. The lowest BCUT2D eigenvalue weighted by atomic mass is 10.1. The van der Waals surface area contributed by atoms with E-state index in [1.807, 2.05) is 0 Å². The molecule has 8 heteroatoms. The lowest BCUT2D eigenvalue weighted by Crippen LogP contribution is -2.15. The van der Waals surface area contributed by atoms with Crippen molar-refractivity contribution in [3.63, 3.8) is 0 Å². The summed E-state index contributed by atoms with van der Waals surface area (Å²) in [7, 11) is 0. The van der Waals surface area contributed by atoms with Gasteiger partial charge in [-0.1, -0.05) is 0 Å².